The van der Waals surface area contributed by atoms with Crippen LogP contribution in [0.3, 0.4) is 0 Å². The summed E-state index contributed by atoms with van der Waals surface area (Å²) in [7, 11) is 0. The van der Waals surface area contributed by atoms with Crippen molar-refractivity contribution in [2.75, 3.05) is 6.54 Å². The Morgan fingerprint density at radius 1 is 1.62 bits per heavy atom. The molecule has 1 aromatic rings. The summed E-state index contributed by atoms with van der Waals surface area (Å²) in [6.45, 7) is 4.49. The van der Waals surface area contributed by atoms with E-state index in [-0.39, 0.29) is 0 Å². The standard InChI is InChI=1S/C8H16N4O/c1-8(2,13)6-12-5-7(3-4-9)10-11-12/h5,13H,3-4,6,9H2,1-2H3. The van der Waals surface area contributed by atoms with Crippen molar-refractivity contribution in [3.05, 3.63) is 11.9 Å². The van der Waals surface area contributed by atoms with E-state index in [2.05, 4.69) is 10.3 Å². The van der Waals surface area contributed by atoms with Crippen LogP contribution in [0.15, 0.2) is 6.20 Å². The third-order valence-corrected chi connectivity index (χ3v) is 1.54. The van der Waals surface area contributed by atoms with Crippen molar-refractivity contribution >= 4 is 0 Å². The van der Waals surface area contributed by atoms with Gasteiger partial charge in [-0.15, -0.1) is 5.10 Å². The van der Waals surface area contributed by atoms with Gasteiger partial charge in [0.05, 0.1) is 17.8 Å². The van der Waals surface area contributed by atoms with Crippen molar-refractivity contribution < 1.29 is 5.11 Å². The average molecular weight is 184 g/mol. The molecule has 0 saturated heterocycles. The molecule has 0 radical (unpaired) electrons. The van der Waals surface area contributed by atoms with E-state index in [4.69, 9.17) is 5.73 Å². The Kier molecular flexibility index (Phi) is 3.00. The van der Waals surface area contributed by atoms with Gasteiger partial charge in [0.25, 0.3) is 0 Å². The summed E-state index contributed by atoms with van der Waals surface area (Å²) >= 11 is 0. The fraction of sp³-hybridized carbons (Fsp3) is 0.750. The molecule has 0 unspecified atom stereocenters. The molecule has 0 aliphatic rings. The molecule has 0 saturated carbocycles. The number of hydrogen-bond donors (Lipinski definition) is 2. The van der Waals surface area contributed by atoms with Crippen LogP contribution in [0.1, 0.15) is 19.5 Å². The van der Waals surface area contributed by atoms with E-state index in [1.165, 1.54) is 0 Å². The van der Waals surface area contributed by atoms with Crippen molar-refractivity contribution in [1.29, 1.82) is 0 Å². The molecule has 0 aromatic carbocycles. The van der Waals surface area contributed by atoms with Gasteiger partial charge in [-0.05, 0) is 20.4 Å². The van der Waals surface area contributed by atoms with Crippen molar-refractivity contribution in [2.45, 2.75) is 32.4 Å². The van der Waals surface area contributed by atoms with Crippen LogP contribution in [-0.4, -0.2) is 32.2 Å². The molecular formula is C8H16N4O. The minimum absolute atomic E-state index is 0.449. The molecule has 13 heavy (non-hydrogen) atoms. The van der Waals surface area contributed by atoms with Gasteiger partial charge in [-0.3, -0.25) is 0 Å². The van der Waals surface area contributed by atoms with Crippen LogP contribution in [0.5, 0.6) is 0 Å². The summed E-state index contributed by atoms with van der Waals surface area (Å²) in [5.74, 6) is 0. The number of hydrogen-bond acceptors (Lipinski definition) is 4. The smallest absolute Gasteiger partial charge is 0.0839 e. The summed E-state index contributed by atoms with van der Waals surface area (Å²) in [5, 5.41) is 17.3. The lowest BCUT2D eigenvalue weighted by Crippen LogP contribution is -2.26. The van der Waals surface area contributed by atoms with Crippen molar-refractivity contribution in [3.8, 4) is 0 Å². The van der Waals surface area contributed by atoms with Crippen LogP contribution in [0.2, 0.25) is 0 Å². The van der Waals surface area contributed by atoms with E-state index in [1.54, 1.807) is 18.5 Å². The van der Waals surface area contributed by atoms with Crippen molar-refractivity contribution in [2.24, 2.45) is 5.73 Å². The summed E-state index contributed by atoms with van der Waals surface area (Å²) in [6.07, 6.45) is 2.54. The van der Waals surface area contributed by atoms with E-state index < -0.39 is 5.60 Å². The summed E-state index contributed by atoms with van der Waals surface area (Å²) < 4.78 is 1.63. The molecule has 0 amide bonds. The average Bonchev–Trinajstić information content (AvgIpc) is 2.33. The predicted molar refractivity (Wildman–Crippen MR) is 49.1 cm³/mol. The van der Waals surface area contributed by atoms with Gasteiger partial charge >= 0.3 is 0 Å². The van der Waals surface area contributed by atoms with Gasteiger partial charge in [0.15, 0.2) is 0 Å². The Morgan fingerprint density at radius 2 is 2.31 bits per heavy atom. The second-order valence-corrected chi connectivity index (χ2v) is 3.76. The maximum Gasteiger partial charge on any atom is 0.0839 e. The Bertz CT molecular complexity index is 263. The number of nitrogens with two attached hydrogens (primary N) is 1. The second kappa shape index (κ2) is 3.85. The van der Waals surface area contributed by atoms with Crippen molar-refractivity contribution in [1.82, 2.24) is 15.0 Å². The number of aliphatic hydroxyl groups is 1. The molecule has 0 fully saturated rings. The Morgan fingerprint density at radius 3 is 2.85 bits per heavy atom. The zero-order chi connectivity index (χ0) is 9.90. The normalized spacial score (nSPS) is 12.0. The highest BCUT2D eigenvalue weighted by Crippen LogP contribution is 2.04. The lowest BCUT2D eigenvalue weighted by atomic mass is 10.1. The maximum absolute atomic E-state index is 9.50. The molecular weight excluding hydrogens is 168 g/mol. The minimum Gasteiger partial charge on any atom is -0.389 e. The van der Waals surface area contributed by atoms with Gasteiger partial charge in [0.1, 0.15) is 0 Å². The first kappa shape index (κ1) is 10.1. The molecule has 0 spiro atoms. The summed E-state index contributed by atoms with van der Waals surface area (Å²) in [6, 6.07) is 0. The first-order chi connectivity index (χ1) is 6.01. The van der Waals surface area contributed by atoms with Gasteiger partial charge in [0.2, 0.25) is 0 Å². The second-order valence-electron chi connectivity index (χ2n) is 3.76. The van der Waals surface area contributed by atoms with Crippen LogP contribution in [0.4, 0.5) is 0 Å². The van der Waals surface area contributed by atoms with E-state index in [1.807, 2.05) is 6.20 Å². The van der Waals surface area contributed by atoms with Gasteiger partial charge in [-0.25, -0.2) is 4.68 Å². The Labute approximate surface area is 77.6 Å². The Hall–Kier alpha value is -0.940. The third-order valence-electron chi connectivity index (χ3n) is 1.54. The number of aromatic nitrogens is 3. The summed E-state index contributed by atoms with van der Waals surface area (Å²) in [4.78, 5) is 0. The first-order valence-electron chi connectivity index (χ1n) is 4.33. The lowest BCUT2D eigenvalue weighted by molar-refractivity contribution is 0.0571. The van der Waals surface area contributed by atoms with E-state index in [0.717, 1.165) is 12.1 Å². The highest BCUT2D eigenvalue weighted by atomic mass is 16.3. The molecule has 0 aliphatic carbocycles. The van der Waals surface area contributed by atoms with Crippen LogP contribution >= 0.6 is 0 Å². The first-order valence-corrected chi connectivity index (χ1v) is 4.33. The zero-order valence-electron chi connectivity index (χ0n) is 8.06. The maximum atomic E-state index is 9.50. The topological polar surface area (TPSA) is 77.0 Å². The van der Waals surface area contributed by atoms with Crippen LogP contribution in [0, 0.1) is 0 Å². The third kappa shape index (κ3) is 3.52. The fourth-order valence-electron chi connectivity index (χ4n) is 1.07. The molecule has 1 aromatic heterocycles. The SMILES string of the molecule is CC(C)(O)Cn1cc(CCN)nn1. The molecule has 5 nitrogen and oxygen atoms in total. The van der Waals surface area contributed by atoms with Gasteiger partial charge in [0, 0.05) is 12.6 Å². The monoisotopic (exact) mass is 184 g/mol. The quantitative estimate of drug-likeness (QED) is 0.664. The minimum atomic E-state index is -0.756. The lowest BCUT2D eigenvalue weighted by Gasteiger charge is -2.15. The molecule has 74 valence electrons. The molecule has 0 aliphatic heterocycles. The Balaban J connectivity index is 2.59. The predicted octanol–water partition coefficient (Wildman–Crippen LogP) is -0.450. The van der Waals surface area contributed by atoms with Crippen molar-refractivity contribution in [3.63, 3.8) is 0 Å². The van der Waals surface area contributed by atoms with Gasteiger partial charge in [-0.2, -0.15) is 0 Å². The molecule has 0 atom stereocenters. The molecule has 3 N–H and O–H groups in total. The molecule has 1 heterocycles. The van der Waals surface area contributed by atoms with Gasteiger partial charge in [-0.1, -0.05) is 5.21 Å². The fourth-order valence-corrected chi connectivity index (χ4v) is 1.07. The van der Waals surface area contributed by atoms with E-state index in [9.17, 15) is 5.11 Å². The molecule has 1 rings (SSSR count). The molecule has 0 bridgehead atoms. The van der Waals surface area contributed by atoms with E-state index >= 15 is 0 Å². The van der Waals surface area contributed by atoms with Gasteiger partial charge < -0.3 is 10.8 Å². The number of nitrogens with zero attached hydrogens (tertiary/aromatic N) is 3. The van der Waals surface area contributed by atoms with Crippen LogP contribution in [-0.2, 0) is 13.0 Å². The largest absolute Gasteiger partial charge is 0.389 e. The highest BCUT2D eigenvalue weighted by Gasteiger charge is 2.14. The van der Waals surface area contributed by atoms with E-state index in [0.29, 0.717) is 13.1 Å². The van der Waals surface area contributed by atoms with Crippen LogP contribution < -0.4 is 5.73 Å². The highest BCUT2D eigenvalue weighted by molar-refractivity contribution is 4.93. The summed E-state index contributed by atoms with van der Waals surface area (Å²) in [5.41, 5.74) is 5.48. The number of rotatable bonds is 4. The zero-order valence-corrected chi connectivity index (χ0v) is 8.06. The molecule has 5 heteroatoms. The van der Waals surface area contributed by atoms with Crippen LogP contribution in [0.25, 0.3) is 0 Å².